The summed E-state index contributed by atoms with van der Waals surface area (Å²) in [6.07, 6.45) is 1.73. The summed E-state index contributed by atoms with van der Waals surface area (Å²) in [7, 11) is 0. The third-order valence-electron chi connectivity index (χ3n) is 3.44. The van der Waals surface area contributed by atoms with Gasteiger partial charge in [-0.25, -0.2) is 4.99 Å². The minimum Gasteiger partial charge on any atom is -0.376 e. The Morgan fingerprint density at radius 3 is 2.72 bits per heavy atom. The Balaban J connectivity index is 0.00000312. The van der Waals surface area contributed by atoms with Crippen LogP contribution < -0.4 is 10.6 Å². The minimum atomic E-state index is 0. The molecule has 0 saturated heterocycles. The number of H-pyrrole nitrogens is 1. The quantitative estimate of drug-likeness (QED) is 0.308. The molecule has 1 aromatic carbocycles. The van der Waals surface area contributed by atoms with Crippen LogP contribution in [0.5, 0.6) is 0 Å². The van der Waals surface area contributed by atoms with Gasteiger partial charge in [-0.2, -0.15) is 5.10 Å². The summed E-state index contributed by atoms with van der Waals surface area (Å²) in [5, 5.41) is 13.4. The zero-order chi connectivity index (χ0) is 17.0. The summed E-state index contributed by atoms with van der Waals surface area (Å²) in [6.45, 7) is 7.79. The zero-order valence-corrected chi connectivity index (χ0v) is 17.2. The number of hydrogen-bond acceptors (Lipinski definition) is 3. The maximum atomic E-state index is 5.78. The lowest BCUT2D eigenvalue weighted by atomic mass is 10.2. The number of ether oxygens (including phenoxy) is 1. The molecule has 0 amide bonds. The number of benzene rings is 1. The summed E-state index contributed by atoms with van der Waals surface area (Å²) in [5.41, 5.74) is 2.19. The molecule has 0 radical (unpaired) electrons. The molecule has 2 aromatic rings. The molecule has 0 spiro atoms. The first-order valence-electron chi connectivity index (χ1n) is 8.40. The van der Waals surface area contributed by atoms with Gasteiger partial charge in [0.1, 0.15) is 0 Å². The van der Waals surface area contributed by atoms with E-state index >= 15 is 0 Å². The normalized spacial score (nSPS) is 12.3. The maximum Gasteiger partial charge on any atom is 0.191 e. The molecule has 1 heterocycles. The Labute approximate surface area is 166 Å². The highest BCUT2D eigenvalue weighted by atomic mass is 127. The van der Waals surface area contributed by atoms with Crippen molar-refractivity contribution in [3.63, 3.8) is 0 Å². The van der Waals surface area contributed by atoms with Crippen molar-refractivity contribution >= 4 is 29.9 Å². The van der Waals surface area contributed by atoms with Crippen molar-refractivity contribution in [1.82, 2.24) is 20.8 Å². The van der Waals surface area contributed by atoms with E-state index in [-0.39, 0.29) is 24.0 Å². The number of rotatable bonds is 9. The van der Waals surface area contributed by atoms with E-state index in [2.05, 4.69) is 51.8 Å². The van der Waals surface area contributed by atoms with E-state index in [1.165, 1.54) is 5.56 Å². The van der Waals surface area contributed by atoms with Crippen LogP contribution in [0.3, 0.4) is 0 Å². The molecule has 25 heavy (non-hydrogen) atoms. The van der Waals surface area contributed by atoms with Gasteiger partial charge in [0.05, 0.1) is 25.5 Å². The maximum absolute atomic E-state index is 5.78. The van der Waals surface area contributed by atoms with Crippen LogP contribution in [-0.2, 0) is 17.9 Å². The Hall–Kier alpha value is -1.61. The van der Waals surface area contributed by atoms with E-state index in [9.17, 15) is 0 Å². The number of aliphatic imine (C=N–C) groups is 1. The van der Waals surface area contributed by atoms with Crippen molar-refractivity contribution in [2.24, 2.45) is 10.9 Å². The summed E-state index contributed by atoms with van der Waals surface area (Å²) in [5.74, 6) is 1.20. The monoisotopic (exact) mass is 457 g/mol. The summed E-state index contributed by atoms with van der Waals surface area (Å²) in [4.78, 5) is 4.54. The number of guanidine groups is 1. The van der Waals surface area contributed by atoms with Crippen molar-refractivity contribution in [2.75, 3.05) is 19.7 Å². The predicted octanol–water partition coefficient (Wildman–Crippen LogP) is 2.94. The van der Waals surface area contributed by atoms with Crippen LogP contribution in [0, 0.1) is 5.92 Å². The molecule has 1 aromatic heterocycles. The van der Waals surface area contributed by atoms with E-state index in [0.29, 0.717) is 25.7 Å². The number of nitrogens with one attached hydrogen (secondary N) is 3. The van der Waals surface area contributed by atoms with Gasteiger partial charge < -0.3 is 15.4 Å². The Morgan fingerprint density at radius 1 is 1.24 bits per heavy atom. The SMILES string of the molecule is CCNC(=NCc1ccn[nH]1)NCC(C)COCc1ccccc1.I. The van der Waals surface area contributed by atoms with Crippen molar-refractivity contribution in [3.8, 4) is 0 Å². The number of hydrogen-bond donors (Lipinski definition) is 3. The highest BCUT2D eigenvalue weighted by Gasteiger charge is 2.05. The second-order valence-electron chi connectivity index (χ2n) is 5.76. The molecule has 7 heteroatoms. The average molecular weight is 457 g/mol. The first-order valence-corrected chi connectivity index (χ1v) is 8.40. The van der Waals surface area contributed by atoms with Crippen LogP contribution in [0.2, 0.25) is 0 Å². The summed E-state index contributed by atoms with van der Waals surface area (Å²) in [6, 6.07) is 12.2. The molecule has 0 fully saturated rings. The Morgan fingerprint density at radius 2 is 2.04 bits per heavy atom. The van der Waals surface area contributed by atoms with Gasteiger partial charge in [0.2, 0.25) is 0 Å². The van der Waals surface area contributed by atoms with Crippen molar-refractivity contribution in [1.29, 1.82) is 0 Å². The van der Waals surface area contributed by atoms with Gasteiger partial charge in [-0.3, -0.25) is 5.10 Å². The van der Waals surface area contributed by atoms with Gasteiger partial charge in [-0.05, 0) is 24.5 Å². The van der Waals surface area contributed by atoms with Crippen molar-refractivity contribution in [3.05, 3.63) is 53.9 Å². The van der Waals surface area contributed by atoms with Gasteiger partial charge in [0.25, 0.3) is 0 Å². The van der Waals surface area contributed by atoms with E-state index in [1.54, 1.807) is 6.20 Å². The molecule has 138 valence electrons. The lowest BCUT2D eigenvalue weighted by molar-refractivity contribution is 0.0931. The first-order chi connectivity index (χ1) is 11.8. The van der Waals surface area contributed by atoms with Crippen LogP contribution in [0.15, 0.2) is 47.6 Å². The fourth-order valence-corrected chi connectivity index (χ4v) is 2.16. The van der Waals surface area contributed by atoms with Gasteiger partial charge in [0.15, 0.2) is 5.96 Å². The van der Waals surface area contributed by atoms with Crippen LogP contribution >= 0.6 is 24.0 Å². The van der Waals surface area contributed by atoms with Crippen molar-refractivity contribution in [2.45, 2.75) is 27.0 Å². The van der Waals surface area contributed by atoms with Gasteiger partial charge in [0, 0.05) is 19.3 Å². The summed E-state index contributed by atoms with van der Waals surface area (Å²) >= 11 is 0. The molecular weight excluding hydrogens is 429 g/mol. The molecule has 0 bridgehead atoms. The smallest absolute Gasteiger partial charge is 0.191 e. The molecule has 0 aliphatic rings. The van der Waals surface area contributed by atoms with Gasteiger partial charge >= 0.3 is 0 Å². The second-order valence-corrected chi connectivity index (χ2v) is 5.76. The summed E-state index contributed by atoms with van der Waals surface area (Å²) < 4.78 is 5.78. The fraction of sp³-hybridized carbons (Fsp3) is 0.444. The lowest BCUT2D eigenvalue weighted by Crippen LogP contribution is -2.40. The van der Waals surface area contributed by atoms with Gasteiger partial charge in [-0.15, -0.1) is 24.0 Å². The van der Waals surface area contributed by atoms with Crippen LogP contribution in [0.4, 0.5) is 0 Å². The second kappa shape index (κ2) is 12.7. The highest BCUT2D eigenvalue weighted by molar-refractivity contribution is 14.0. The number of nitrogens with zero attached hydrogens (tertiary/aromatic N) is 2. The molecule has 1 unspecified atom stereocenters. The van der Waals surface area contributed by atoms with Gasteiger partial charge in [-0.1, -0.05) is 37.3 Å². The standard InChI is InChI=1S/C18H27N5O.HI/c1-3-19-18(21-12-17-9-10-22-23-17)20-11-15(2)13-24-14-16-7-5-4-6-8-16;/h4-10,15H,3,11-14H2,1-2H3,(H,22,23)(H2,19,20,21);1H. The number of halogens is 1. The predicted molar refractivity (Wildman–Crippen MR) is 112 cm³/mol. The first kappa shape index (κ1) is 21.4. The average Bonchev–Trinajstić information content (AvgIpc) is 3.12. The highest BCUT2D eigenvalue weighted by Crippen LogP contribution is 2.03. The van der Waals surface area contributed by atoms with E-state index < -0.39 is 0 Å². The molecule has 0 saturated carbocycles. The third-order valence-corrected chi connectivity index (χ3v) is 3.44. The van der Waals surface area contributed by atoms with E-state index in [1.807, 2.05) is 24.3 Å². The van der Waals surface area contributed by atoms with Crippen LogP contribution in [0.25, 0.3) is 0 Å². The minimum absolute atomic E-state index is 0. The molecule has 2 rings (SSSR count). The fourth-order valence-electron chi connectivity index (χ4n) is 2.16. The molecule has 6 nitrogen and oxygen atoms in total. The Kier molecular flexibility index (Phi) is 10.9. The molecule has 0 aliphatic carbocycles. The van der Waals surface area contributed by atoms with E-state index in [4.69, 9.17) is 4.74 Å². The zero-order valence-electron chi connectivity index (χ0n) is 14.9. The number of aromatic nitrogens is 2. The largest absolute Gasteiger partial charge is 0.376 e. The Bertz CT molecular complexity index is 589. The topological polar surface area (TPSA) is 74.3 Å². The van der Waals surface area contributed by atoms with Crippen molar-refractivity contribution < 1.29 is 4.74 Å². The third kappa shape index (κ3) is 8.87. The van der Waals surface area contributed by atoms with Crippen LogP contribution in [0.1, 0.15) is 25.1 Å². The molecule has 1 atom stereocenters. The lowest BCUT2D eigenvalue weighted by Gasteiger charge is -2.16. The molecule has 0 aliphatic heterocycles. The van der Waals surface area contributed by atoms with Crippen LogP contribution in [-0.4, -0.2) is 35.9 Å². The van der Waals surface area contributed by atoms with E-state index in [0.717, 1.165) is 24.7 Å². The number of aromatic amines is 1. The molecular formula is C18H28IN5O. The molecule has 3 N–H and O–H groups in total.